The molecule has 6 heteroatoms. The lowest BCUT2D eigenvalue weighted by molar-refractivity contribution is 0.0808. The molecule has 0 bridgehead atoms. The summed E-state index contributed by atoms with van der Waals surface area (Å²) < 4.78 is 1.46. The van der Waals surface area contributed by atoms with Crippen molar-refractivity contribution < 1.29 is 4.79 Å². The highest BCUT2D eigenvalue weighted by atomic mass is 32.1. The van der Waals surface area contributed by atoms with Crippen molar-refractivity contribution in [3.05, 3.63) is 45.8 Å². The van der Waals surface area contributed by atoms with Crippen LogP contribution in [0.4, 0.5) is 0 Å². The van der Waals surface area contributed by atoms with E-state index in [1.54, 1.807) is 13.1 Å². The van der Waals surface area contributed by atoms with Crippen molar-refractivity contribution in [3.8, 4) is 0 Å². The van der Waals surface area contributed by atoms with Crippen LogP contribution in [0.3, 0.4) is 0 Å². The minimum Gasteiger partial charge on any atom is -0.338 e. The Bertz CT molecular complexity index is 672. The van der Waals surface area contributed by atoms with Gasteiger partial charge in [-0.3, -0.25) is 14.0 Å². The Morgan fingerprint density at radius 2 is 2.39 bits per heavy atom. The Morgan fingerprint density at radius 1 is 1.67 bits per heavy atom. The van der Waals surface area contributed by atoms with Crippen LogP contribution in [0.2, 0.25) is 0 Å². The third-order valence-corrected chi connectivity index (χ3v) is 3.55. The number of likely N-dealkylation sites (N-methyl/N-ethyl adjacent to an activating group) is 1. The van der Waals surface area contributed by atoms with Crippen LogP contribution >= 0.6 is 11.3 Å². The Labute approximate surface area is 108 Å². The Morgan fingerprint density at radius 3 is 3.06 bits per heavy atom. The van der Waals surface area contributed by atoms with Gasteiger partial charge in [-0.05, 0) is 6.92 Å². The molecule has 0 aliphatic rings. The number of carbonyl (C=O) groups is 1. The lowest BCUT2D eigenvalue weighted by atomic mass is 10.3. The van der Waals surface area contributed by atoms with E-state index in [1.165, 1.54) is 26.8 Å². The molecule has 2 aromatic rings. The third-order valence-electron chi connectivity index (χ3n) is 2.60. The molecule has 18 heavy (non-hydrogen) atoms. The average Bonchev–Trinajstić information content (AvgIpc) is 2.72. The van der Waals surface area contributed by atoms with E-state index in [-0.39, 0.29) is 17.0 Å². The van der Waals surface area contributed by atoms with Gasteiger partial charge in [-0.15, -0.1) is 17.9 Å². The first-order valence-electron chi connectivity index (χ1n) is 5.38. The summed E-state index contributed by atoms with van der Waals surface area (Å²) >= 11 is 1.38. The molecule has 0 atom stereocenters. The van der Waals surface area contributed by atoms with Gasteiger partial charge in [-0.25, -0.2) is 4.98 Å². The Kier molecular flexibility index (Phi) is 3.29. The van der Waals surface area contributed by atoms with Gasteiger partial charge in [0.05, 0.1) is 0 Å². The molecule has 0 spiro atoms. The summed E-state index contributed by atoms with van der Waals surface area (Å²) in [6, 6.07) is 0. The van der Waals surface area contributed by atoms with Crippen molar-refractivity contribution in [1.29, 1.82) is 0 Å². The molecule has 0 aromatic carbocycles. The predicted molar refractivity (Wildman–Crippen MR) is 71.2 cm³/mol. The quantitative estimate of drug-likeness (QED) is 0.785. The summed E-state index contributed by atoms with van der Waals surface area (Å²) in [7, 11) is 1.62. The van der Waals surface area contributed by atoms with Crippen molar-refractivity contribution in [1.82, 2.24) is 14.3 Å². The molecule has 0 radical (unpaired) electrons. The van der Waals surface area contributed by atoms with Crippen LogP contribution in [0, 0.1) is 6.92 Å². The fourth-order valence-electron chi connectivity index (χ4n) is 1.65. The third kappa shape index (κ3) is 1.95. The summed E-state index contributed by atoms with van der Waals surface area (Å²) in [5.41, 5.74) is 0.548. The van der Waals surface area contributed by atoms with Crippen molar-refractivity contribution >= 4 is 22.2 Å². The number of hydrogen-bond donors (Lipinski definition) is 0. The molecular formula is C12H13N3O2S. The largest absolute Gasteiger partial charge is 0.338 e. The number of thiazole rings is 1. The summed E-state index contributed by atoms with van der Waals surface area (Å²) in [5, 5.41) is 1.84. The zero-order chi connectivity index (χ0) is 13.3. The first kappa shape index (κ1) is 12.5. The number of amides is 1. The van der Waals surface area contributed by atoms with Crippen molar-refractivity contribution in [2.45, 2.75) is 6.92 Å². The standard InChI is InChI=1S/C12H13N3O2S/c1-4-5-14(3)10(16)9-6-13-12-15(11(9)17)8(2)7-18-12/h4,6-7H,1,5H2,2-3H3. The number of nitrogens with zero attached hydrogens (tertiary/aromatic N) is 3. The van der Waals surface area contributed by atoms with Gasteiger partial charge in [0.2, 0.25) is 0 Å². The highest BCUT2D eigenvalue weighted by molar-refractivity contribution is 7.15. The molecule has 0 aliphatic carbocycles. The van der Waals surface area contributed by atoms with Gasteiger partial charge in [0.15, 0.2) is 4.96 Å². The summed E-state index contributed by atoms with van der Waals surface area (Å²) in [5.74, 6) is -0.340. The maximum Gasteiger partial charge on any atom is 0.271 e. The molecule has 0 unspecified atom stereocenters. The SMILES string of the molecule is C=CCN(C)C(=O)c1cnc2scc(C)n2c1=O. The van der Waals surface area contributed by atoms with Gasteiger partial charge in [0, 0.05) is 30.9 Å². The smallest absolute Gasteiger partial charge is 0.271 e. The topological polar surface area (TPSA) is 54.7 Å². The second kappa shape index (κ2) is 4.73. The van der Waals surface area contributed by atoms with E-state index < -0.39 is 0 Å². The highest BCUT2D eigenvalue weighted by Gasteiger charge is 2.17. The molecular weight excluding hydrogens is 250 g/mol. The Hall–Kier alpha value is -1.95. The van der Waals surface area contributed by atoms with Gasteiger partial charge in [0.25, 0.3) is 11.5 Å². The van der Waals surface area contributed by atoms with Crippen LogP contribution in [0.25, 0.3) is 4.96 Å². The van der Waals surface area contributed by atoms with Crippen molar-refractivity contribution in [3.63, 3.8) is 0 Å². The number of fused-ring (bicyclic) bond motifs is 1. The average molecular weight is 263 g/mol. The number of rotatable bonds is 3. The van der Waals surface area contributed by atoms with Crippen LogP contribution in [0.15, 0.2) is 29.0 Å². The first-order chi connectivity index (χ1) is 8.56. The fourth-order valence-corrected chi connectivity index (χ4v) is 2.48. The Balaban J connectivity index is 2.55. The van der Waals surface area contributed by atoms with E-state index >= 15 is 0 Å². The molecule has 0 aliphatic heterocycles. The number of hydrogen-bond acceptors (Lipinski definition) is 4. The van der Waals surface area contributed by atoms with E-state index in [4.69, 9.17) is 0 Å². The van der Waals surface area contributed by atoms with E-state index in [0.29, 0.717) is 11.5 Å². The van der Waals surface area contributed by atoms with E-state index in [1.807, 2.05) is 12.3 Å². The molecule has 0 saturated heterocycles. The van der Waals surface area contributed by atoms with Gasteiger partial charge in [-0.2, -0.15) is 0 Å². The lowest BCUT2D eigenvalue weighted by Crippen LogP contribution is -2.33. The van der Waals surface area contributed by atoms with E-state index in [9.17, 15) is 9.59 Å². The molecule has 0 fully saturated rings. The van der Waals surface area contributed by atoms with E-state index in [2.05, 4.69) is 11.6 Å². The van der Waals surface area contributed by atoms with Crippen molar-refractivity contribution in [2.75, 3.05) is 13.6 Å². The minimum atomic E-state index is -0.340. The molecule has 0 saturated carbocycles. The normalized spacial score (nSPS) is 10.6. The van der Waals surface area contributed by atoms with Crippen LogP contribution in [-0.2, 0) is 0 Å². The van der Waals surface area contributed by atoms with Crippen LogP contribution in [0.1, 0.15) is 16.1 Å². The van der Waals surface area contributed by atoms with Gasteiger partial charge in [0.1, 0.15) is 5.56 Å². The molecule has 2 heterocycles. The second-order valence-corrected chi connectivity index (χ2v) is 4.78. The van der Waals surface area contributed by atoms with Gasteiger partial charge < -0.3 is 4.90 Å². The van der Waals surface area contributed by atoms with Crippen LogP contribution in [0.5, 0.6) is 0 Å². The maximum atomic E-state index is 12.2. The zero-order valence-corrected chi connectivity index (χ0v) is 11.0. The lowest BCUT2D eigenvalue weighted by Gasteiger charge is -2.14. The van der Waals surface area contributed by atoms with Crippen LogP contribution in [-0.4, -0.2) is 33.8 Å². The summed E-state index contributed by atoms with van der Waals surface area (Å²) in [6.45, 7) is 5.77. The highest BCUT2D eigenvalue weighted by Crippen LogP contribution is 2.11. The number of aromatic nitrogens is 2. The van der Waals surface area contributed by atoms with E-state index in [0.717, 1.165) is 5.69 Å². The van der Waals surface area contributed by atoms with Gasteiger partial charge in [-0.1, -0.05) is 6.08 Å². The van der Waals surface area contributed by atoms with Crippen molar-refractivity contribution in [2.24, 2.45) is 0 Å². The second-order valence-electron chi connectivity index (χ2n) is 3.95. The molecule has 94 valence electrons. The number of aryl methyl sites for hydroxylation is 1. The minimum absolute atomic E-state index is 0.0818. The fraction of sp³-hybridized carbons (Fsp3) is 0.250. The summed E-state index contributed by atoms with van der Waals surface area (Å²) in [6.07, 6.45) is 2.95. The predicted octanol–water partition coefficient (Wildman–Crippen LogP) is 1.32. The summed E-state index contributed by atoms with van der Waals surface area (Å²) in [4.78, 5) is 30.4. The molecule has 0 N–H and O–H groups in total. The maximum absolute atomic E-state index is 12.2. The molecule has 2 aromatic heterocycles. The number of carbonyl (C=O) groups excluding carboxylic acids is 1. The molecule has 2 rings (SSSR count). The van der Waals surface area contributed by atoms with Crippen LogP contribution < -0.4 is 5.56 Å². The molecule has 1 amide bonds. The van der Waals surface area contributed by atoms with Gasteiger partial charge >= 0.3 is 0 Å². The molecule has 5 nitrogen and oxygen atoms in total. The monoisotopic (exact) mass is 263 g/mol. The first-order valence-corrected chi connectivity index (χ1v) is 6.26. The zero-order valence-electron chi connectivity index (χ0n) is 10.2.